The number of nitrogens with zero attached hydrogens (tertiary/aromatic N) is 1. The van der Waals surface area contributed by atoms with Crippen molar-refractivity contribution in [2.45, 2.75) is 10.1 Å². The van der Waals surface area contributed by atoms with Gasteiger partial charge < -0.3 is 16.0 Å². The molecule has 0 saturated carbocycles. The van der Waals surface area contributed by atoms with Crippen LogP contribution in [0.15, 0.2) is 137 Å². The second kappa shape index (κ2) is 16.1. The van der Waals surface area contributed by atoms with Gasteiger partial charge in [-0.15, -0.1) is 34.4 Å². The van der Waals surface area contributed by atoms with Crippen LogP contribution in [0.3, 0.4) is 0 Å². The van der Waals surface area contributed by atoms with E-state index in [-0.39, 0.29) is 11.6 Å². The Morgan fingerprint density at radius 2 is 1.57 bits per heavy atom. The van der Waals surface area contributed by atoms with Gasteiger partial charge in [-0.3, -0.25) is 14.4 Å². The fraction of sp³-hybridized carbons (Fsp3) is 0.0270. The number of amides is 3. The van der Waals surface area contributed by atoms with Crippen LogP contribution in [0.4, 0.5) is 10.8 Å². The van der Waals surface area contributed by atoms with Crippen molar-refractivity contribution in [1.82, 2.24) is 10.3 Å². The van der Waals surface area contributed by atoms with Crippen molar-refractivity contribution in [2.75, 3.05) is 10.6 Å². The van der Waals surface area contributed by atoms with Crippen molar-refractivity contribution in [1.29, 1.82) is 0 Å². The van der Waals surface area contributed by atoms with Gasteiger partial charge in [0.05, 0.1) is 10.6 Å². The number of carbonyl (C=O) groups excluding carboxylic acids is 3. The van der Waals surface area contributed by atoms with E-state index >= 15 is 0 Å². The summed E-state index contributed by atoms with van der Waals surface area (Å²) < 4.78 is 0. The molecule has 49 heavy (non-hydrogen) atoms. The number of rotatable bonds is 11. The highest BCUT2D eigenvalue weighted by atomic mass is 35.5. The standard InChI is InChI=1S/C37H26Cl2N4O3S3/c38-26-17-16-25(29(39)20-26)19-30(41-34(44)24-11-5-2-6-12-24)35(45)40-27-13-7-14-28(21-27)49-33(23-9-3-1-4-10-23)36(46)43-37-42-31(22-48-37)32-15-8-18-47-32/h1-22,33H,(H,40,45)(H,41,44)(H,42,43,46)/b30-19+. The molecule has 244 valence electrons. The first-order valence-electron chi connectivity index (χ1n) is 14.8. The predicted octanol–water partition coefficient (Wildman–Crippen LogP) is 10.1. The third-order valence-electron chi connectivity index (χ3n) is 6.99. The third-order valence-corrected chi connectivity index (χ3v) is 10.4. The minimum atomic E-state index is -0.617. The number of thiophene rings is 1. The van der Waals surface area contributed by atoms with Crippen LogP contribution in [0.2, 0.25) is 10.0 Å². The molecule has 0 aliphatic heterocycles. The molecular formula is C37H26Cl2N4O3S3. The highest BCUT2D eigenvalue weighted by Crippen LogP contribution is 2.38. The minimum absolute atomic E-state index is 0.0250. The van der Waals surface area contributed by atoms with Crippen molar-refractivity contribution in [2.24, 2.45) is 0 Å². The molecular weight excluding hydrogens is 716 g/mol. The Hall–Kier alpha value is -4.71. The topological polar surface area (TPSA) is 100 Å². The number of halogens is 2. The van der Waals surface area contributed by atoms with Gasteiger partial charge in [-0.1, -0.05) is 89.9 Å². The molecule has 2 heterocycles. The first kappa shape index (κ1) is 34.2. The van der Waals surface area contributed by atoms with Gasteiger partial charge in [-0.25, -0.2) is 4.98 Å². The maximum Gasteiger partial charge on any atom is 0.272 e. The largest absolute Gasteiger partial charge is 0.321 e. The summed E-state index contributed by atoms with van der Waals surface area (Å²) in [6.45, 7) is 0. The molecule has 0 fully saturated rings. The Labute approximate surface area is 305 Å². The molecule has 0 saturated heterocycles. The third kappa shape index (κ3) is 9.05. The van der Waals surface area contributed by atoms with E-state index in [0.29, 0.717) is 32.0 Å². The lowest BCUT2D eigenvalue weighted by Gasteiger charge is -2.17. The maximum atomic E-state index is 13.7. The fourth-order valence-corrected chi connectivity index (χ4v) is 7.66. The van der Waals surface area contributed by atoms with Gasteiger partial charge in [0.2, 0.25) is 5.91 Å². The van der Waals surface area contributed by atoms with Crippen LogP contribution in [-0.2, 0) is 9.59 Å². The summed E-state index contributed by atoms with van der Waals surface area (Å²) in [6, 6.07) is 34.0. The van der Waals surface area contributed by atoms with Crippen LogP contribution >= 0.6 is 57.6 Å². The van der Waals surface area contributed by atoms with Gasteiger partial charge in [0.25, 0.3) is 11.8 Å². The molecule has 6 aromatic rings. The SMILES string of the molecule is O=C(Nc1cccc(SC(C(=O)Nc2nc(-c3cccs3)cs2)c2ccccc2)c1)/C(=C\c1ccc(Cl)cc1Cl)NC(=O)c1ccccc1. The van der Waals surface area contributed by atoms with Gasteiger partial charge >= 0.3 is 0 Å². The van der Waals surface area contributed by atoms with Gasteiger partial charge in [0, 0.05) is 31.6 Å². The normalized spacial score (nSPS) is 11.8. The second-order valence-electron chi connectivity index (χ2n) is 10.4. The number of benzene rings is 4. The van der Waals surface area contributed by atoms with Crippen molar-refractivity contribution in [3.8, 4) is 10.6 Å². The Balaban J connectivity index is 1.22. The summed E-state index contributed by atoms with van der Waals surface area (Å²) in [4.78, 5) is 46.8. The lowest BCUT2D eigenvalue weighted by molar-refractivity contribution is -0.116. The molecule has 1 atom stereocenters. The summed E-state index contributed by atoms with van der Waals surface area (Å²) in [6.07, 6.45) is 1.49. The van der Waals surface area contributed by atoms with Crippen LogP contribution in [0.5, 0.6) is 0 Å². The monoisotopic (exact) mass is 740 g/mol. The van der Waals surface area contributed by atoms with E-state index in [4.69, 9.17) is 23.2 Å². The summed E-state index contributed by atoms with van der Waals surface area (Å²) in [7, 11) is 0. The fourth-order valence-electron chi connectivity index (χ4n) is 4.64. The molecule has 7 nitrogen and oxygen atoms in total. The molecule has 6 rings (SSSR count). The molecule has 3 amide bonds. The van der Waals surface area contributed by atoms with Gasteiger partial charge in [0.15, 0.2) is 5.13 Å². The Kier molecular flexibility index (Phi) is 11.2. The van der Waals surface area contributed by atoms with E-state index in [1.54, 1.807) is 78.1 Å². The maximum absolute atomic E-state index is 13.7. The van der Waals surface area contributed by atoms with Crippen molar-refractivity contribution in [3.05, 3.63) is 158 Å². The summed E-state index contributed by atoms with van der Waals surface area (Å²) in [5.41, 5.74) is 2.94. The quantitative estimate of drug-likeness (QED) is 0.0907. The van der Waals surface area contributed by atoms with Gasteiger partial charge in [-0.2, -0.15) is 0 Å². The summed E-state index contributed by atoms with van der Waals surface area (Å²) in [5, 5.41) is 13.1. The lowest BCUT2D eigenvalue weighted by atomic mass is 10.1. The van der Waals surface area contributed by atoms with Crippen LogP contribution in [0.25, 0.3) is 16.6 Å². The Morgan fingerprint density at radius 3 is 2.31 bits per heavy atom. The number of thiazole rings is 1. The highest BCUT2D eigenvalue weighted by molar-refractivity contribution is 8.00. The molecule has 2 aromatic heterocycles. The second-order valence-corrected chi connectivity index (χ2v) is 14.3. The number of carbonyl (C=O) groups is 3. The molecule has 3 N–H and O–H groups in total. The number of hydrogen-bond donors (Lipinski definition) is 3. The van der Waals surface area contributed by atoms with E-state index in [0.717, 1.165) is 21.0 Å². The summed E-state index contributed by atoms with van der Waals surface area (Å²) >= 11 is 16.8. The molecule has 0 aliphatic carbocycles. The highest BCUT2D eigenvalue weighted by Gasteiger charge is 2.24. The average Bonchev–Trinajstić information content (AvgIpc) is 3.82. The predicted molar refractivity (Wildman–Crippen MR) is 203 cm³/mol. The average molecular weight is 742 g/mol. The van der Waals surface area contributed by atoms with E-state index in [2.05, 4.69) is 20.9 Å². The van der Waals surface area contributed by atoms with Gasteiger partial charge in [-0.05, 0) is 71.1 Å². The first-order chi connectivity index (χ1) is 23.8. The minimum Gasteiger partial charge on any atom is -0.321 e. The Morgan fingerprint density at radius 1 is 0.796 bits per heavy atom. The van der Waals surface area contributed by atoms with Crippen LogP contribution < -0.4 is 16.0 Å². The summed E-state index contributed by atoms with van der Waals surface area (Å²) in [5.74, 6) is -1.26. The van der Waals surface area contributed by atoms with Crippen LogP contribution in [0.1, 0.15) is 26.7 Å². The van der Waals surface area contributed by atoms with Crippen molar-refractivity contribution in [3.63, 3.8) is 0 Å². The molecule has 1 unspecified atom stereocenters. The van der Waals surface area contributed by atoms with E-state index < -0.39 is 17.1 Å². The van der Waals surface area contributed by atoms with Crippen molar-refractivity contribution >= 4 is 92.3 Å². The zero-order valence-electron chi connectivity index (χ0n) is 25.4. The molecule has 0 radical (unpaired) electrons. The molecule has 12 heteroatoms. The molecule has 4 aromatic carbocycles. The number of thioether (sulfide) groups is 1. The number of anilines is 2. The van der Waals surface area contributed by atoms with E-state index in [1.807, 2.05) is 59.3 Å². The van der Waals surface area contributed by atoms with Crippen LogP contribution in [-0.4, -0.2) is 22.7 Å². The Bertz CT molecular complexity index is 2120. The number of nitrogens with one attached hydrogen (secondary N) is 3. The van der Waals surface area contributed by atoms with Crippen LogP contribution in [0, 0.1) is 0 Å². The molecule has 0 aliphatic rings. The zero-order chi connectivity index (χ0) is 34.2. The lowest BCUT2D eigenvalue weighted by Crippen LogP contribution is -2.30. The van der Waals surface area contributed by atoms with E-state index in [1.165, 1.54) is 29.2 Å². The van der Waals surface area contributed by atoms with Gasteiger partial charge in [0.1, 0.15) is 10.9 Å². The molecule has 0 bridgehead atoms. The number of hydrogen-bond acceptors (Lipinski definition) is 7. The van der Waals surface area contributed by atoms with Crippen molar-refractivity contribution < 1.29 is 14.4 Å². The smallest absolute Gasteiger partial charge is 0.272 e. The van der Waals surface area contributed by atoms with E-state index in [9.17, 15) is 14.4 Å². The zero-order valence-corrected chi connectivity index (χ0v) is 29.4. The number of aromatic nitrogens is 1. The molecule has 0 spiro atoms. The first-order valence-corrected chi connectivity index (χ1v) is 18.2.